The molecule has 0 saturated heterocycles. The van der Waals surface area contributed by atoms with Gasteiger partial charge < -0.3 is 10.3 Å². The highest BCUT2D eigenvalue weighted by atomic mass is 15.3. The lowest BCUT2D eigenvalue weighted by Crippen LogP contribution is -2.17. The van der Waals surface area contributed by atoms with Gasteiger partial charge in [-0.05, 0) is 24.8 Å². The molecule has 1 atom stereocenters. The highest BCUT2D eigenvalue weighted by Crippen LogP contribution is 2.29. The Morgan fingerprint density at radius 2 is 1.90 bits per heavy atom. The molecule has 1 aliphatic rings. The summed E-state index contributed by atoms with van der Waals surface area (Å²) in [5, 5.41) is 8.43. The minimum absolute atomic E-state index is 0.0719. The number of aryl methyl sites for hydroxylation is 1. The van der Waals surface area contributed by atoms with Gasteiger partial charge in [-0.25, -0.2) is 0 Å². The Labute approximate surface area is 126 Å². The minimum atomic E-state index is 0.0719. The van der Waals surface area contributed by atoms with Crippen LogP contribution >= 0.6 is 0 Å². The number of benzene rings is 1. The standard InChI is InChI=1S/C17H24N4/c18-16(14-7-3-1-4-8-14)11-12-17-20-19-13-21(17)15-9-5-2-6-10-15/h1,3-4,7-8,13,15-16H,2,5-6,9-12,18H2. The molecule has 1 aliphatic carbocycles. The summed E-state index contributed by atoms with van der Waals surface area (Å²) in [4.78, 5) is 0. The second-order valence-electron chi connectivity index (χ2n) is 6.00. The van der Waals surface area contributed by atoms with Crippen LogP contribution in [-0.4, -0.2) is 14.8 Å². The topological polar surface area (TPSA) is 56.7 Å². The van der Waals surface area contributed by atoms with E-state index in [0.29, 0.717) is 6.04 Å². The Morgan fingerprint density at radius 1 is 1.14 bits per heavy atom. The molecule has 0 amide bonds. The third kappa shape index (κ3) is 3.50. The Hall–Kier alpha value is -1.68. The highest BCUT2D eigenvalue weighted by Gasteiger charge is 2.18. The average Bonchev–Trinajstić information content (AvgIpc) is 3.03. The van der Waals surface area contributed by atoms with Crippen LogP contribution in [0.2, 0.25) is 0 Å². The van der Waals surface area contributed by atoms with Crippen LogP contribution in [-0.2, 0) is 6.42 Å². The molecule has 0 spiro atoms. The lowest BCUT2D eigenvalue weighted by atomic mass is 9.95. The van der Waals surface area contributed by atoms with Crippen LogP contribution in [0.4, 0.5) is 0 Å². The molecule has 3 rings (SSSR count). The number of rotatable bonds is 5. The first-order chi connectivity index (χ1) is 10.3. The molecule has 1 aromatic carbocycles. The van der Waals surface area contributed by atoms with E-state index in [0.717, 1.165) is 18.7 Å². The molecule has 21 heavy (non-hydrogen) atoms. The van der Waals surface area contributed by atoms with Crippen LogP contribution < -0.4 is 5.73 Å². The fourth-order valence-corrected chi connectivity index (χ4v) is 3.26. The van der Waals surface area contributed by atoms with E-state index in [1.807, 2.05) is 24.5 Å². The Kier molecular flexibility index (Phi) is 4.65. The molecule has 0 radical (unpaired) electrons. The zero-order valence-electron chi connectivity index (χ0n) is 12.5. The number of hydrogen-bond donors (Lipinski definition) is 1. The maximum atomic E-state index is 6.28. The molecule has 2 N–H and O–H groups in total. The smallest absolute Gasteiger partial charge is 0.133 e. The summed E-state index contributed by atoms with van der Waals surface area (Å²) >= 11 is 0. The first kappa shape index (κ1) is 14.3. The Balaban J connectivity index is 1.62. The molecule has 2 aromatic rings. The van der Waals surface area contributed by atoms with Crippen molar-refractivity contribution in [3.8, 4) is 0 Å². The van der Waals surface area contributed by atoms with Gasteiger partial charge >= 0.3 is 0 Å². The summed E-state index contributed by atoms with van der Waals surface area (Å²) in [5.41, 5.74) is 7.48. The SMILES string of the molecule is NC(CCc1nncn1C1CCCCC1)c1ccccc1. The van der Waals surface area contributed by atoms with Gasteiger partial charge in [0.05, 0.1) is 0 Å². The molecule has 1 heterocycles. The normalized spacial score (nSPS) is 17.8. The van der Waals surface area contributed by atoms with E-state index in [2.05, 4.69) is 26.9 Å². The third-order valence-electron chi connectivity index (χ3n) is 4.52. The van der Waals surface area contributed by atoms with Gasteiger partial charge in [-0.15, -0.1) is 10.2 Å². The zero-order valence-corrected chi connectivity index (χ0v) is 12.5. The molecule has 0 aliphatic heterocycles. The van der Waals surface area contributed by atoms with Crippen molar-refractivity contribution >= 4 is 0 Å². The molecule has 1 aromatic heterocycles. The lowest BCUT2D eigenvalue weighted by Gasteiger charge is -2.24. The highest BCUT2D eigenvalue weighted by molar-refractivity contribution is 5.18. The molecular weight excluding hydrogens is 260 g/mol. The van der Waals surface area contributed by atoms with Gasteiger partial charge in [-0.2, -0.15) is 0 Å². The van der Waals surface area contributed by atoms with Crippen LogP contribution in [0.25, 0.3) is 0 Å². The van der Waals surface area contributed by atoms with Crippen molar-refractivity contribution in [3.05, 3.63) is 48.0 Å². The van der Waals surface area contributed by atoms with Crippen molar-refractivity contribution < 1.29 is 0 Å². The second kappa shape index (κ2) is 6.85. The van der Waals surface area contributed by atoms with E-state index in [1.54, 1.807) is 0 Å². The van der Waals surface area contributed by atoms with Crippen LogP contribution in [0.15, 0.2) is 36.7 Å². The summed E-state index contributed by atoms with van der Waals surface area (Å²) in [6.45, 7) is 0. The first-order valence-electron chi connectivity index (χ1n) is 8.03. The maximum absolute atomic E-state index is 6.28. The predicted molar refractivity (Wildman–Crippen MR) is 83.8 cm³/mol. The third-order valence-corrected chi connectivity index (χ3v) is 4.52. The van der Waals surface area contributed by atoms with Crippen molar-refractivity contribution in [2.75, 3.05) is 0 Å². The summed E-state index contributed by atoms with van der Waals surface area (Å²) < 4.78 is 2.29. The van der Waals surface area contributed by atoms with E-state index in [4.69, 9.17) is 5.73 Å². The van der Waals surface area contributed by atoms with Gasteiger partial charge in [0.1, 0.15) is 12.2 Å². The van der Waals surface area contributed by atoms with Crippen LogP contribution in [0, 0.1) is 0 Å². The fraction of sp³-hybridized carbons (Fsp3) is 0.529. The Morgan fingerprint density at radius 3 is 2.67 bits per heavy atom. The van der Waals surface area contributed by atoms with Gasteiger partial charge in [-0.1, -0.05) is 49.6 Å². The summed E-state index contributed by atoms with van der Waals surface area (Å²) in [6.07, 6.45) is 10.2. The monoisotopic (exact) mass is 284 g/mol. The van der Waals surface area contributed by atoms with E-state index in [9.17, 15) is 0 Å². The second-order valence-corrected chi connectivity index (χ2v) is 6.00. The molecule has 1 fully saturated rings. The number of aromatic nitrogens is 3. The van der Waals surface area contributed by atoms with Crippen molar-refractivity contribution in [2.24, 2.45) is 5.73 Å². The van der Waals surface area contributed by atoms with Gasteiger partial charge in [-0.3, -0.25) is 0 Å². The van der Waals surface area contributed by atoms with Crippen LogP contribution in [0.1, 0.15) is 62.0 Å². The quantitative estimate of drug-likeness (QED) is 0.915. The van der Waals surface area contributed by atoms with Gasteiger partial charge in [0.25, 0.3) is 0 Å². The minimum Gasteiger partial charge on any atom is -0.324 e. The fourth-order valence-electron chi connectivity index (χ4n) is 3.26. The van der Waals surface area contributed by atoms with Crippen molar-refractivity contribution in [3.63, 3.8) is 0 Å². The average molecular weight is 284 g/mol. The van der Waals surface area contributed by atoms with E-state index < -0.39 is 0 Å². The molecular formula is C17H24N4. The van der Waals surface area contributed by atoms with Gasteiger partial charge in [0, 0.05) is 18.5 Å². The van der Waals surface area contributed by atoms with E-state index >= 15 is 0 Å². The van der Waals surface area contributed by atoms with Gasteiger partial charge in [0.2, 0.25) is 0 Å². The largest absolute Gasteiger partial charge is 0.324 e. The number of hydrogen-bond acceptors (Lipinski definition) is 3. The first-order valence-corrected chi connectivity index (χ1v) is 8.03. The van der Waals surface area contributed by atoms with Gasteiger partial charge in [0.15, 0.2) is 0 Å². The molecule has 112 valence electrons. The maximum Gasteiger partial charge on any atom is 0.133 e. The van der Waals surface area contributed by atoms with Crippen molar-refractivity contribution in [2.45, 2.75) is 57.0 Å². The number of nitrogens with zero attached hydrogens (tertiary/aromatic N) is 3. The van der Waals surface area contributed by atoms with E-state index in [1.165, 1.54) is 37.7 Å². The molecule has 4 heteroatoms. The summed E-state index contributed by atoms with van der Waals surface area (Å²) in [7, 11) is 0. The van der Waals surface area contributed by atoms with Crippen LogP contribution in [0.5, 0.6) is 0 Å². The molecule has 0 bridgehead atoms. The predicted octanol–water partition coefficient (Wildman–Crippen LogP) is 3.42. The van der Waals surface area contributed by atoms with Crippen LogP contribution in [0.3, 0.4) is 0 Å². The summed E-state index contributed by atoms with van der Waals surface area (Å²) in [6, 6.07) is 11.0. The zero-order chi connectivity index (χ0) is 14.5. The van der Waals surface area contributed by atoms with E-state index in [-0.39, 0.29) is 6.04 Å². The summed E-state index contributed by atoms with van der Waals surface area (Å²) in [5.74, 6) is 1.09. The molecule has 1 saturated carbocycles. The Bertz CT molecular complexity index is 543. The molecule has 1 unspecified atom stereocenters. The van der Waals surface area contributed by atoms with Crippen molar-refractivity contribution in [1.29, 1.82) is 0 Å². The lowest BCUT2D eigenvalue weighted by molar-refractivity contribution is 0.344. The molecule has 4 nitrogen and oxygen atoms in total. The van der Waals surface area contributed by atoms with Crippen molar-refractivity contribution in [1.82, 2.24) is 14.8 Å². The number of nitrogens with two attached hydrogens (primary N) is 1.